The van der Waals surface area contributed by atoms with Gasteiger partial charge in [0.1, 0.15) is 5.75 Å². The predicted octanol–water partition coefficient (Wildman–Crippen LogP) is 6.42. The number of pyridine rings is 2. The molecule has 3 heterocycles. The molecule has 38 heavy (non-hydrogen) atoms. The van der Waals surface area contributed by atoms with Crippen LogP contribution in [0.1, 0.15) is 56.4 Å². The monoisotopic (exact) mass is 512 g/mol. The number of carbonyl (C=O) groups is 1. The molecular weight excluding hydrogens is 480 g/mol. The average Bonchev–Trinajstić information content (AvgIpc) is 3.70. The Labute approximate surface area is 221 Å². The number of hydrogen-bond donors (Lipinski definition) is 1. The minimum absolute atomic E-state index is 0.576. The van der Waals surface area contributed by atoms with E-state index in [9.17, 15) is 9.90 Å². The lowest BCUT2D eigenvalue weighted by molar-refractivity contribution is -0.160. The number of carboxylic acid groups (broad SMARTS) is 1. The van der Waals surface area contributed by atoms with Crippen LogP contribution in [-0.4, -0.2) is 39.9 Å². The minimum Gasteiger partial charge on any atom is -0.493 e. The molecule has 1 atom stereocenters. The molecule has 1 fully saturated rings. The van der Waals surface area contributed by atoms with Gasteiger partial charge in [0.15, 0.2) is 6.10 Å². The molecule has 4 aromatic rings. The Morgan fingerprint density at radius 1 is 1.18 bits per heavy atom. The van der Waals surface area contributed by atoms with Crippen LogP contribution in [-0.2, 0) is 16.0 Å². The summed E-state index contributed by atoms with van der Waals surface area (Å²) >= 11 is 0. The zero-order chi connectivity index (χ0) is 26.6. The quantitative estimate of drug-likeness (QED) is 0.305. The van der Waals surface area contributed by atoms with Gasteiger partial charge < -0.3 is 19.3 Å². The summed E-state index contributed by atoms with van der Waals surface area (Å²) in [4.78, 5) is 22.3. The number of fused-ring (bicyclic) bond motifs is 1. The Balaban J connectivity index is 1.63. The molecule has 7 heteroatoms. The van der Waals surface area contributed by atoms with Crippen LogP contribution < -0.4 is 9.47 Å². The fourth-order valence-corrected chi connectivity index (χ4v) is 5.29. The van der Waals surface area contributed by atoms with Gasteiger partial charge >= 0.3 is 5.97 Å². The Kier molecular flexibility index (Phi) is 5.99. The maximum Gasteiger partial charge on any atom is 0.337 e. The first-order chi connectivity index (χ1) is 18.2. The molecule has 0 spiro atoms. The molecular formula is C31H32N2O5. The topological polar surface area (TPSA) is 90.8 Å². The van der Waals surface area contributed by atoms with Crippen molar-refractivity contribution >= 4 is 27.8 Å². The van der Waals surface area contributed by atoms with Gasteiger partial charge in [0.2, 0.25) is 5.88 Å². The fourth-order valence-electron chi connectivity index (χ4n) is 5.29. The molecule has 2 aromatic heterocycles. The van der Waals surface area contributed by atoms with Crippen molar-refractivity contribution in [3.63, 3.8) is 0 Å². The molecule has 1 unspecified atom stereocenters. The van der Waals surface area contributed by atoms with Crippen LogP contribution in [0.15, 0.2) is 42.6 Å². The Bertz CT molecular complexity index is 1560. The summed E-state index contributed by atoms with van der Waals surface area (Å²) in [5.41, 5.74) is 5.00. The summed E-state index contributed by atoms with van der Waals surface area (Å²) in [5.74, 6) is 0.946. The van der Waals surface area contributed by atoms with Gasteiger partial charge in [0, 0.05) is 40.6 Å². The number of carboxylic acids is 1. The van der Waals surface area contributed by atoms with Gasteiger partial charge in [0.05, 0.1) is 29.8 Å². The summed E-state index contributed by atoms with van der Waals surface area (Å²) in [6.45, 7) is 8.81. The lowest BCUT2D eigenvalue weighted by atomic mass is 9.86. The number of hydrogen-bond acceptors (Lipinski definition) is 6. The van der Waals surface area contributed by atoms with Gasteiger partial charge in [-0.15, -0.1) is 0 Å². The molecule has 196 valence electrons. The van der Waals surface area contributed by atoms with Gasteiger partial charge in [-0.1, -0.05) is 0 Å². The van der Waals surface area contributed by atoms with E-state index in [1.807, 2.05) is 70.3 Å². The molecule has 1 aliphatic carbocycles. The van der Waals surface area contributed by atoms with Crippen molar-refractivity contribution in [2.45, 2.75) is 58.7 Å². The minimum atomic E-state index is -1.18. The van der Waals surface area contributed by atoms with Crippen LogP contribution in [0.2, 0.25) is 0 Å². The van der Waals surface area contributed by atoms with Crippen molar-refractivity contribution in [3.05, 3.63) is 59.3 Å². The number of nitrogens with zero attached hydrogens (tertiary/aromatic N) is 2. The number of ether oxygens (including phenoxy) is 3. The average molecular weight is 513 g/mol. The van der Waals surface area contributed by atoms with Crippen LogP contribution >= 0.6 is 0 Å². The number of rotatable bonds is 7. The highest BCUT2D eigenvalue weighted by Gasteiger charge is 2.33. The number of aromatic nitrogens is 2. The largest absolute Gasteiger partial charge is 0.493 e. The van der Waals surface area contributed by atoms with E-state index < -0.39 is 17.7 Å². The first kappa shape index (κ1) is 24.6. The third-order valence-corrected chi connectivity index (χ3v) is 7.18. The lowest BCUT2D eigenvalue weighted by Crippen LogP contribution is -2.28. The fraction of sp³-hybridized carbons (Fsp3) is 0.387. The van der Waals surface area contributed by atoms with Crippen LogP contribution in [0, 0.1) is 12.8 Å². The third-order valence-electron chi connectivity index (χ3n) is 7.18. The molecule has 1 aliphatic heterocycles. The van der Waals surface area contributed by atoms with E-state index in [0.717, 1.165) is 50.7 Å². The van der Waals surface area contributed by atoms with E-state index in [-0.39, 0.29) is 0 Å². The Morgan fingerprint density at radius 2 is 2.00 bits per heavy atom. The molecule has 1 saturated carbocycles. The molecule has 2 aromatic carbocycles. The van der Waals surface area contributed by atoms with Crippen molar-refractivity contribution in [2.75, 3.05) is 13.2 Å². The van der Waals surface area contributed by atoms with E-state index in [1.165, 1.54) is 18.4 Å². The second-order valence-corrected chi connectivity index (χ2v) is 11.3. The van der Waals surface area contributed by atoms with Gasteiger partial charge in [-0.3, -0.25) is 4.98 Å². The van der Waals surface area contributed by atoms with Crippen molar-refractivity contribution < 1.29 is 24.1 Å². The summed E-state index contributed by atoms with van der Waals surface area (Å²) in [6.07, 6.45) is 3.84. The van der Waals surface area contributed by atoms with E-state index >= 15 is 0 Å². The molecule has 0 amide bonds. The van der Waals surface area contributed by atoms with Crippen molar-refractivity contribution in [1.29, 1.82) is 0 Å². The number of aryl methyl sites for hydroxylation is 1. The summed E-state index contributed by atoms with van der Waals surface area (Å²) in [7, 11) is 0. The van der Waals surface area contributed by atoms with Crippen molar-refractivity contribution in [3.8, 4) is 22.8 Å². The molecule has 0 saturated heterocycles. The molecule has 1 N–H and O–H groups in total. The summed E-state index contributed by atoms with van der Waals surface area (Å²) < 4.78 is 18.1. The molecule has 0 radical (unpaired) electrons. The SMILES string of the molecule is Cc1cc2nc(OCC3CC3)ccc2c(-c2ccc3c4c(ccnc24)CCO3)c1C(OC(C)(C)C)C(=O)O. The van der Waals surface area contributed by atoms with Gasteiger partial charge in [-0.25, -0.2) is 9.78 Å². The van der Waals surface area contributed by atoms with Crippen molar-refractivity contribution in [1.82, 2.24) is 9.97 Å². The van der Waals surface area contributed by atoms with Gasteiger partial charge in [-0.2, -0.15) is 0 Å². The number of aliphatic carboxylic acids is 1. The Hall–Kier alpha value is -3.71. The maximum absolute atomic E-state index is 12.7. The first-order valence-corrected chi connectivity index (χ1v) is 13.2. The smallest absolute Gasteiger partial charge is 0.337 e. The molecule has 6 rings (SSSR count). The first-order valence-electron chi connectivity index (χ1n) is 13.2. The van der Waals surface area contributed by atoms with E-state index in [4.69, 9.17) is 24.2 Å². The maximum atomic E-state index is 12.7. The second kappa shape index (κ2) is 9.24. The standard InChI is InChI=1S/C31H32N2O5/c1-17-15-22-20(8-10-24(33-22)37-16-18-5-6-18)27(25(17)29(30(34)35)38-31(2,3)4)21-7-9-23-26-19(12-14-36-23)11-13-32-28(21)26/h7-11,13,15,18,29H,5-6,12,14,16H2,1-4H3,(H,34,35). The molecule has 2 aliphatic rings. The number of benzene rings is 2. The summed E-state index contributed by atoms with van der Waals surface area (Å²) in [5, 5.41) is 12.2. The molecule has 7 nitrogen and oxygen atoms in total. The van der Waals surface area contributed by atoms with Crippen LogP contribution in [0.25, 0.3) is 32.9 Å². The normalized spacial score (nSPS) is 15.9. The highest BCUT2D eigenvalue weighted by molar-refractivity contribution is 6.08. The third kappa shape index (κ3) is 4.56. The zero-order valence-corrected chi connectivity index (χ0v) is 22.2. The van der Waals surface area contributed by atoms with Gasteiger partial charge in [0.25, 0.3) is 0 Å². The highest BCUT2D eigenvalue weighted by atomic mass is 16.5. The van der Waals surface area contributed by atoms with E-state index in [2.05, 4.69) is 0 Å². The second-order valence-electron chi connectivity index (χ2n) is 11.3. The lowest BCUT2D eigenvalue weighted by Gasteiger charge is -2.29. The van der Waals surface area contributed by atoms with E-state index in [0.29, 0.717) is 30.6 Å². The van der Waals surface area contributed by atoms with E-state index in [1.54, 1.807) is 0 Å². The summed E-state index contributed by atoms with van der Waals surface area (Å²) in [6, 6.07) is 11.7. The van der Waals surface area contributed by atoms with Crippen LogP contribution in [0.5, 0.6) is 11.6 Å². The highest BCUT2D eigenvalue weighted by Crippen LogP contribution is 2.45. The zero-order valence-electron chi connectivity index (χ0n) is 22.2. The van der Waals surface area contributed by atoms with Crippen LogP contribution in [0.4, 0.5) is 0 Å². The van der Waals surface area contributed by atoms with Crippen molar-refractivity contribution in [2.24, 2.45) is 5.92 Å². The molecule has 0 bridgehead atoms. The van der Waals surface area contributed by atoms with Crippen LogP contribution in [0.3, 0.4) is 0 Å². The Morgan fingerprint density at radius 3 is 2.74 bits per heavy atom. The van der Waals surface area contributed by atoms with Gasteiger partial charge in [-0.05, 0) is 93.5 Å². The predicted molar refractivity (Wildman–Crippen MR) is 146 cm³/mol.